The fourth-order valence-electron chi connectivity index (χ4n) is 3.96. The van der Waals surface area contributed by atoms with Gasteiger partial charge in [0.25, 0.3) is 11.7 Å². The minimum absolute atomic E-state index is 0.0968. The zero-order chi connectivity index (χ0) is 20.4. The fraction of sp³-hybridized carbons (Fsp3) is 0.304. The van der Waals surface area contributed by atoms with E-state index >= 15 is 0 Å². The molecule has 2 aliphatic rings. The van der Waals surface area contributed by atoms with Crippen LogP contribution < -0.4 is 4.74 Å². The lowest BCUT2D eigenvalue weighted by Gasteiger charge is -2.27. The number of benzene rings is 2. The molecule has 0 aromatic heterocycles. The highest BCUT2D eigenvalue weighted by atomic mass is 16.5. The van der Waals surface area contributed by atoms with Gasteiger partial charge in [-0.15, -0.1) is 0 Å². The van der Waals surface area contributed by atoms with Gasteiger partial charge in [-0.1, -0.05) is 30.3 Å². The number of carbonyl (C=O) groups is 2. The number of aliphatic hydroxyl groups excluding tert-OH is 1. The average molecular weight is 393 g/mol. The Kier molecular flexibility index (Phi) is 5.36. The van der Waals surface area contributed by atoms with E-state index in [-0.39, 0.29) is 17.4 Å². The van der Waals surface area contributed by atoms with Crippen LogP contribution in [0.4, 0.5) is 0 Å². The number of methoxy groups -OCH3 is 1. The molecule has 4 rings (SSSR count). The molecular weight excluding hydrogens is 370 g/mol. The zero-order valence-electron chi connectivity index (χ0n) is 16.2. The van der Waals surface area contributed by atoms with E-state index in [2.05, 4.69) is 0 Å². The van der Waals surface area contributed by atoms with E-state index in [9.17, 15) is 14.7 Å². The molecule has 0 spiro atoms. The Labute approximate surface area is 169 Å². The highest BCUT2D eigenvalue weighted by Crippen LogP contribution is 2.40. The minimum Gasteiger partial charge on any atom is -0.507 e. The Morgan fingerprint density at radius 1 is 1.14 bits per heavy atom. The first-order valence-corrected chi connectivity index (χ1v) is 9.69. The summed E-state index contributed by atoms with van der Waals surface area (Å²) in [6.07, 6.45) is 1.69. The summed E-state index contributed by atoms with van der Waals surface area (Å²) >= 11 is 0. The lowest BCUT2D eigenvalue weighted by Crippen LogP contribution is -2.36. The second-order valence-electron chi connectivity index (χ2n) is 7.23. The van der Waals surface area contributed by atoms with Crippen molar-refractivity contribution in [3.05, 3.63) is 71.3 Å². The van der Waals surface area contributed by atoms with Crippen molar-refractivity contribution in [2.24, 2.45) is 0 Å². The lowest BCUT2D eigenvalue weighted by molar-refractivity contribution is -0.140. The van der Waals surface area contributed by atoms with E-state index in [1.165, 1.54) is 4.90 Å². The number of rotatable bonds is 5. The van der Waals surface area contributed by atoms with Gasteiger partial charge >= 0.3 is 0 Å². The summed E-state index contributed by atoms with van der Waals surface area (Å²) in [6, 6.07) is 15.4. The van der Waals surface area contributed by atoms with Crippen LogP contribution in [0.1, 0.15) is 30.0 Å². The standard InChI is InChI=1S/C23H23NO5/c1-28-17-11-9-16(10-12-17)21(25)19-20(15-6-3-2-4-7-15)24(23(27)22(19)26)14-18-8-5-13-29-18/h2-4,6-7,9-12,18,20,25H,5,8,13-14H2,1H3/t18-,20+/m1/s1. The first-order chi connectivity index (χ1) is 14.1. The molecule has 2 fully saturated rings. The average Bonchev–Trinajstić information content (AvgIpc) is 3.36. The number of aliphatic hydroxyl groups is 1. The number of hydrogen-bond donors (Lipinski definition) is 1. The van der Waals surface area contributed by atoms with E-state index in [0.29, 0.717) is 24.5 Å². The van der Waals surface area contributed by atoms with Crippen molar-refractivity contribution in [2.45, 2.75) is 25.0 Å². The topological polar surface area (TPSA) is 76.1 Å². The van der Waals surface area contributed by atoms with Crippen LogP contribution >= 0.6 is 0 Å². The van der Waals surface area contributed by atoms with Gasteiger partial charge in [0, 0.05) is 18.7 Å². The molecule has 0 saturated carbocycles. The molecule has 0 bridgehead atoms. The number of ketones is 1. The van der Waals surface area contributed by atoms with Crippen molar-refractivity contribution in [3.8, 4) is 5.75 Å². The Morgan fingerprint density at radius 2 is 1.86 bits per heavy atom. The van der Waals surface area contributed by atoms with Crippen LogP contribution in [0.15, 0.2) is 60.2 Å². The second-order valence-corrected chi connectivity index (χ2v) is 7.23. The van der Waals surface area contributed by atoms with Crippen molar-refractivity contribution in [3.63, 3.8) is 0 Å². The Bertz CT molecular complexity index is 930. The maximum Gasteiger partial charge on any atom is 0.295 e. The molecule has 1 amide bonds. The third-order valence-corrected chi connectivity index (χ3v) is 5.44. The molecule has 1 N–H and O–H groups in total. The number of amides is 1. The molecule has 0 radical (unpaired) electrons. The van der Waals surface area contributed by atoms with Gasteiger partial charge in [-0.3, -0.25) is 9.59 Å². The Balaban J connectivity index is 1.79. The van der Waals surface area contributed by atoms with Gasteiger partial charge in [0.1, 0.15) is 11.5 Å². The van der Waals surface area contributed by atoms with Crippen LogP contribution in [0.5, 0.6) is 5.75 Å². The largest absolute Gasteiger partial charge is 0.507 e. The smallest absolute Gasteiger partial charge is 0.295 e. The van der Waals surface area contributed by atoms with Gasteiger partial charge in [0.2, 0.25) is 0 Å². The Morgan fingerprint density at radius 3 is 2.48 bits per heavy atom. The molecule has 2 saturated heterocycles. The monoisotopic (exact) mass is 393 g/mol. The van der Waals surface area contributed by atoms with Gasteiger partial charge < -0.3 is 19.5 Å². The van der Waals surface area contributed by atoms with Gasteiger partial charge in [0.15, 0.2) is 0 Å². The summed E-state index contributed by atoms with van der Waals surface area (Å²) in [5, 5.41) is 11.0. The molecule has 0 aliphatic carbocycles. The van der Waals surface area contributed by atoms with Gasteiger partial charge in [0.05, 0.1) is 24.8 Å². The SMILES string of the molecule is COc1ccc(C(O)=C2C(=O)C(=O)N(C[C@H]3CCCO3)[C@H]2c2ccccc2)cc1. The maximum absolute atomic E-state index is 12.9. The third-order valence-electron chi connectivity index (χ3n) is 5.44. The van der Waals surface area contributed by atoms with Gasteiger partial charge in [-0.25, -0.2) is 0 Å². The van der Waals surface area contributed by atoms with Crippen LogP contribution in [0.2, 0.25) is 0 Å². The number of hydrogen-bond acceptors (Lipinski definition) is 5. The molecule has 2 atom stereocenters. The van der Waals surface area contributed by atoms with Crippen molar-refractivity contribution in [2.75, 3.05) is 20.3 Å². The number of ether oxygens (including phenoxy) is 2. The summed E-state index contributed by atoms with van der Waals surface area (Å²) in [6.45, 7) is 0.986. The quantitative estimate of drug-likeness (QED) is 0.479. The van der Waals surface area contributed by atoms with Crippen LogP contribution in [0.25, 0.3) is 5.76 Å². The first kappa shape index (κ1) is 19.2. The highest BCUT2D eigenvalue weighted by Gasteiger charge is 2.46. The number of nitrogens with zero attached hydrogens (tertiary/aromatic N) is 1. The maximum atomic E-state index is 12.9. The summed E-state index contributed by atoms with van der Waals surface area (Å²) in [7, 11) is 1.56. The zero-order valence-corrected chi connectivity index (χ0v) is 16.2. The first-order valence-electron chi connectivity index (χ1n) is 9.69. The van der Waals surface area contributed by atoms with Crippen LogP contribution in [0, 0.1) is 0 Å². The van der Waals surface area contributed by atoms with Crippen LogP contribution in [-0.4, -0.2) is 48.1 Å². The summed E-state index contributed by atoms with van der Waals surface area (Å²) in [5.41, 5.74) is 1.34. The molecule has 2 aromatic rings. The highest BCUT2D eigenvalue weighted by molar-refractivity contribution is 6.46. The number of Topliss-reactive ketones (excluding diaryl/α,β-unsaturated/α-hetero) is 1. The van der Waals surface area contributed by atoms with E-state index in [4.69, 9.17) is 9.47 Å². The molecule has 2 aromatic carbocycles. The second kappa shape index (κ2) is 8.09. The van der Waals surface area contributed by atoms with Gasteiger partial charge in [-0.2, -0.15) is 0 Å². The number of likely N-dealkylation sites (tertiary alicyclic amines) is 1. The van der Waals surface area contributed by atoms with E-state index in [0.717, 1.165) is 18.4 Å². The molecule has 2 aliphatic heterocycles. The predicted octanol–water partition coefficient (Wildman–Crippen LogP) is 3.30. The normalized spacial score (nSPS) is 23.6. The summed E-state index contributed by atoms with van der Waals surface area (Å²) in [4.78, 5) is 27.3. The molecule has 0 unspecified atom stereocenters. The molecule has 6 nitrogen and oxygen atoms in total. The lowest BCUT2D eigenvalue weighted by atomic mass is 9.95. The van der Waals surface area contributed by atoms with Crippen LogP contribution in [-0.2, 0) is 14.3 Å². The molecule has 2 heterocycles. The minimum atomic E-state index is -0.676. The Hall–Kier alpha value is -3.12. The van der Waals surface area contributed by atoms with Crippen molar-refractivity contribution < 1.29 is 24.2 Å². The predicted molar refractivity (Wildman–Crippen MR) is 107 cm³/mol. The van der Waals surface area contributed by atoms with E-state index in [1.54, 1.807) is 31.4 Å². The van der Waals surface area contributed by atoms with E-state index < -0.39 is 17.7 Å². The third kappa shape index (κ3) is 3.63. The van der Waals surface area contributed by atoms with Gasteiger partial charge in [-0.05, 0) is 42.7 Å². The van der Waals surface area contributed by atoms with E-state index in [1.807, 2.05) is 30.3 Å². The molecule has 150 valence electrons. The summed E-state index contributed by atoms with van der Waals surface area (Å²) < 4.78 is 10.8. The van der Waals surface area contributed by atoms with Crippen molar-refractivity contribution >= 4 is 17.4 Å². The molecule has 29 heavy (non-hydrogen) atoms. The molecule has 6 heteroatoms. The van der Waals surface area contributed by atoms with Crippen molar-refractivity contribution in [1.29, 1.82) is 0 Å². The van der Waals surface area contributed by atoms with Crippen LogP contribution in [0.3, 0.4) is 0 Å². The number of carbonyl (C=O) groups excluding carboxylic acids is 2. The van der Waals surface area contributed by atoms with Crippen molar-refractivity contribution in [1.82, 2.24) is 4.90 Å². The molecular formula is C23H23NO5. The summed E-state index contributed by atoms with van der Waals surface area (Å²) in [5.74, 6) is -0.829. The fourth-order valence-corrected chi connectivity index (χ4v) is 3.96.